The van der Waals surface area contributed by atoms with Crippen LogP contribution in [0, 0.1) is 13.8 Å². The second kappa shape index (κ2) is 9.31. The number of ether oxygens (including phenoxy) is 1. The number of nitrogens with zero attached hydrogens (tertiary/aromatic N) is 1. The van der Waals surface area contributed by atoms with E-state index in [1.54, 1.807) is 19.1 Å². The number of sulfonamides is 1. The minimum atomic E-state index is -3.64. The Balaban J connectivity index is 2.12. The van der Waals surface area contributed by atoms with Crippen molar-refractivity contribution in [3.05, 3.63) is 59.2 Å². The summed E-state index contributed by atoms with van der Waals surface area (Å²) < 4.78 is 31.6. The number of benzene rings is 2. The van der Waals surface area contributed by atoms with Gasteiger partial charge in [-0.15, -0.1) is 0 Å². The highest BCUT2D eigenvalue weighted by molar-refractivity contribution is 7.92. The molecule has 0 unspecified atom stereocenters. The third kappa shape index (κ3) is 6.22. The standard InChI is InChI=1S/C22H30N2O4S/c1-15(2)28-21-11-8-19(9-12-21)14-23-22(25)18(5)24(29(6,26)27)20-10-7-16(3)17(4)13-20/h7-13,15,18H,14H2,1-6H3,(H,23,25)/t18-/m1/s1. The van der Waals surface area contributed by atoms with Crippen LogP contribution in [0.4, 0.5) is 5.69 Å². The summed E-state index contributed by atoms with van der Waals surface area (Å²) in [6, 6.07) is 11.9. The van der Waals surface area contributed by atoms with Gasteiger partial charge in [0.25, 0.3) is 0 Å². The predicted molar refractivity (Wildman–Crippen MR) is 117 cm³/mol. The lowest BCUT2D eigenvalue weighted by atomic mass is 10.1. The molecule has 2 rings (SSSR count). The Morgan fingerprint density at radius 2 is 1.66 bits per heavy atom. The van der Waals surface area contributed by atoms with Gasteiger partial charge in [-0.05, 0) is 75.6 Å². The minimum absolute atomic E-state index is 0.0915. The zero-order chi connectivity index (χ0) is 21.8. The van der Waals surface area contributed by atoms with Crippen LogP contribution in [0.2, 0.25) is 0 Å². The SMILES string of the molecule is Cc1ccc(N([C@H](C)C(=O)NCc2ccc(OC(C)C)cc2)S(C)(=O)=O)cc1C. The number of rotatable bonds is 8. The molecule has 1 N–H and O–H groups in total. The molecule has 0 spiro atoms. The van der Waals surface area contributed by atoms with Gasteiger partial charge in [0.15, 0.2) is 0 Å². The van der Waals surface area contributed by atoms with Gasteiger partial charge >= 0.3 is 0 Å². The number of anilines is 1. The van der Waals surface area contributed by atoms with E-state index in [-0.39, 0.29) is 12.0 Å². The minimum Gasteiger partial charge on any atom is -0.491 e. The fourth-order valence-corrected chi connectivity index (χ4v) is 4.13. The first kappa shape index (κ1) is 22.7. The van der Waals surface area contributed by atoms with Crippen LogP contribution in [0.5, 0.6) is 5.75 Å². The number of carbonyl (C=O) groups excluding carboxylic acids is 1. The van der Waals surface area contributed by atoms with Gasteiger partial charge in [-0.25, -0.2) is 8.42 Å². The molecule has 0 radical (unpaired) electrons. The Morgan fingerprint density at radius 1 is 1.03 bits per heavy atom. The fourth-order valence-electron chi connectivity index (χ4n) is 2.97. The van der Waals surface area contributed by atoms with Gasteiger partial charge in [-0.3, -0.25) is 9.10 Å². The molecule has 0 heterocycles. The second-order valence-electron chi connectivity index (χ2n) is 7.53. The topological polar surface area (TPSA) is 75.7 Å². The summed E-state index contributed by atoms with van der Waals surface area (Å²) in [6.07, 6.45) is 1.20. The molecule has 2 aromatic carbocycles. The maximum Gasteiger partial charge on any atom is 0.243 e. The number of hydrogen-bond acceptors (Lipinski definition) is 4. The first-order valence-corrected chi connectivity index (χ1v) is 11.4. The lowest BCUT2D eigenvalue weighted by Gasteiger charge is -2.28. The summed E-state index contributed by atoms with van der Waals surface area (Å²) in [4.78, 5) is 12.7. The van der Waals surface area contributed by atoms with Gasteiger partial charge in [-0.2, -0.15) is 0 Å². The highest BCUT2D eigenvalue weighted by atomic mass is 32.2. The van der Waals surface area contributed by atoms with E-state index in [2.05, 4.69) is 5.32 Å². The Labute approximate surface area is 173 Å². The molecule has 0 fully saturated rings. The van der Waals surface area contributed by atoms with Crippen molar-refractivity contribution in [3.8, 4) is 5.75 Å². The number of hydrogen-bond donors (Lipinski definition) is 1. The van der Waals surface area contributed by atoms with Crippen molar-refractivity contribution in [1.29, 1.82) is 0 Å². The summed E-state index contributed by atoms with van der Waals surface area (Å²) in [5.74, 6) is 0.401. The lowest BCUT2D eigenvalue weighted by molar-refractivity contribution is -0.122. The number of nitrogens with one attached hydrogen (secondary N) is 1. The van der Waals surface area contributed by atoms with Crippen molar-refractivity contribution in [3.63, 3.8) is 0 Å². The van der Waals surface area contributed by atoms with E-state index >= 15 is 0 Å². The van der Waals surface area contributed by atoms with E-state index in [0.29, 0.717) is 12.2 Å². The molecular formula is C22H30N2O4S. The molecule has 29 heavy (non-hydrogen) atoms. The van der Waals surface area contributed by atoms with Crippen molar-refractivity contribution in [2.24, 2.45) is 0 Å². The maximum atomic E-state index is 12.7. The van der Waals surface area contributed by atoms with Crippen molar-refractivity contribution < 1.29 is 17.9 Å². The van der Waals surface area contributed by atoms with Crippen molar-refractivity contribution in [2.75, 3.05) is 10.6 Å². The smallest absolute Gasteiger partial charge is 0.243 e. The van der Waals surface area contributed by atoms with Crippen LogP contribution in [0.15, 0.2) is 42.5 Å². The van der Waals surface area contributed by atoms with Crippen LogP contribution < -0.4 is 14.4 Å². The number of amides is 1. The van der Waals surface area contributed by atoms with Crippen molar-refractivity contribution in [2.45, 2.75) is 53.3 Å². The van der Waals surface area contributed by atoms with E-state index in [1.165, 1.54) is 0 Å². The Morgan fingerprint density at radius 3 is 2.17 bits per heavy atom. The first-order valence-electron chi connectivity index (χ1n) is 9.59. The molecular weight excluding hydrogens is 388 g/mol. The number of aryl methyl sites for hydroxylation is 2. The third-order valence-corrected chi connectivity index (χ3v) is 5.84. The van der Waals surface area contributed by atoms with Crippen LogP contribution in [0.1, 0.15) is 37.5 Å². The fraction of sp³-hybridized carbons (Fsp3) is 0.409. The van der Waals surface area contributed by atoms with E-state index in [9.17, 15) is 13.2 Å². The first-order chi connectivity index (χ1) is 13.5. The molecule has 158 valence electrons. The Hall–Kier alpha value is -2.54. The van der Waals surface area contributed by atoms with Crippen LogP contribution in [-0.4, -0.2) is 32.7 Å². The second-order valence-corrected chi connectivity index (χ2v) is 9.39. The molecule has 0 aliphatic carbocycles. The van der Waals surface area contributed by atoms with Gasteiger partial charge in [0, 0.05) is 6.54 Å². The molecule has 0 aliphatic rings. The van der Waals surface area contributed by atoms with Crippen LogP contribution in [0.25, 0.3) is 0 Å². The molecule has 1 amide bonds. The monoisotopic (exact) mass is 418 g/mol. The van der Waals surface area contributed by atoms with Gasteiger partial charge < -0.3 is 10.1 Å². The largest absolute Gasteiger partial charge is 0.491 e. The van der Waals surface area contributed by atoms with Gasteiger partial charge in [0.2, 0.25) is 15.9 Å². The van der Waals surface area contributed by atoms with Crippen LogP contribution in [0.3, 0.4) is 0 Å². The van der Waals surface area contributed by atoms with Crippen LogP contribution in [-0.2, 0) is 21.4 Å². The predicted octanol–water partition coefficient (Wildman–Crippen LogP) is 3.56. The summed E-state index contributed by atoms with van der Waals surface area (Å²) in [7, 11) is -3.64. The average Bonchev–Trinajstić information content (AvgIpc) is 2.62. The van der Waals surface area contributed by atoms with E-state index in [4.69, 9.17) is 4.74 Å². The molecule has 0 bridgehead atoms. The van der Waals surface area contributed by atoms with Gasteiger partial charge in [0.1, 0.15) is 11.8 Å². The van der Waals surface area contributed by atoms with Gasteiger partial charge in [0.05, 0.1) is 18.0 Å². The summed E-state index contributed by atoms with van der Waals surface area (Å²) in [5.41, 5.74) is 3.41. The Kier molecular flexibility index (Phi) is 7.30. The highest BCUT2D eigenvalue weighted by Crippen LogP contribution is 2.24. The average molecular weight is 419 g/mol. The van der Waals surface area contributed by atoms with Gasteiger partial charge in [-0.1, -0.05) is 18.2 Å². The normalized spacial score (nSPS) is 12.5. The number of carbonyl (C=O) groups is 1. The molecule has 7 heteroatoms. The van der Waals surface area contributed by atoms with Crippen molar-refractivity contribution in [1.82, 2.24) is 5.32 Å². The molecule has 0 aromatic heterocycles. The zero-order valence-electron chi connectivity index (χ0n) is 17.9. The van der Waals surface area contributed by atoms with Crippen molar-refractivity contribution >= 4 is 21.6 Å². The quantitative estimate of drug-likeness (QED) is 0.711. The van der Waals surface area contributed by atoms with E-state index in [1.807, 2.05) is 58.0 Å². The molecule has 0 saturated heterocycles. The molecule has 1 atom stereocenters. The summed E-state index contributed by atoms with van der Waals surface area (Å²) in [5, 5.41) is 2.82. The molecule has 2 aromatic rings. The lowest BCUT2D eigenvalue weighted by Crippen LogP contribution is -2.47. The van der Waals surface area contributed by atoms with Crippen LogP contribution >= 0.6 is 0 Å². The zero-order valence-corrected chi connectivity index (χ0v) is 18.7. The molecule has 0 aliphatic heterocycles. The van der Waals surface area contributed by atoms with E-state index in [0.717, 1.165) is 33.0 Å². The third-order valence-electron chi connectivity index (χ3n) is 4.60. The highest BCUT2D eigenvalue weighted by Gasteiger charge is 2.29. The molecule has 0 saturated carbocycles. The molecule has 6 nitrogen and oxygen atoms in total. The summed E-state index contributed by atoms with van der Waals surface area (Å²) in [6.45, 7) is 9.67. The Bertz CT molecular complexity index is 953. The maximum absolute atomic E-state index is 12.7. The summed E-state index contributed by atoms with van der Waals surface area (Å²) >= 11 is 0. The van der Waals surface area contributed by atoms with E-state index < -0.39 is 16.1 Å².